The van der Waals surface area contributed by atoms with Crippen molar-refractivity contribution in [1.82, 2.24) is 10.3 Å². The molecule has 35 heavy (non-hydrogen) atoms. The Hall–Kier alpha value is -2.90. The fraction of sp³-hybridized carbons (Fsp3) is 0.385. The van der Waals surface area contributed by atoms with E-state index in [2.05, 4.69) is 15.6 Å². The molecule has 0 aliphatic heterocycles. The predicted octanol–water partition coefficient (Wildman–Crippen LogP) is 5.42. The van der Waals surface area contributed by atoms with Gasteiger partial charge in [0, 0.05) is 35.8 Å². The molecule has 1 fully saturated rings. The number of aliphatic carboxylic acids is 1. The molecule has 2 aliphatic carbocycles. The molecule has 1 aromatic carbocycles. The second-order valence-electron chi connectivity index (χ2n) is 9.05. The van der Waals surface area contributed by atoms with E-state index in [1.165, 1.54) is 12.4 Å². The van der Waals surface area contributed by atoms with Gasteiger partial charge in [-0.25, -0.2) is 4.79 Å². The number of carbonyl (C=O) groups is 3. The fourth-order valence-electron chi connectivity index (χ4n) is 5.09. The molecule has 1 amide bonds. The molecule has 1 heterocycles. The van der Waals surface area contributed by atoms with Crippen LogP contribution in [0.5, 0.6) is 0 Å². The van der Waals surface area contributed by atoms with E-state index in [1.807, 2.05) is 6.92 Å². The molecule has 1 aromatic heterocycles. The van der Waals surface area contributed by atoms with Crippen LogP contribution in [0.3, 0.4) is 0 Å². The van der Waals surface area contributed by atoms with Crippen molar-refractivity contribution in [2.75, 3.05) is 5.32 Å². The van der Waals surface area contributed by atoms with Gasteiger partial charge in [-0.1, -0.05) is 61.5 Å². The van der Waals surface area contributed by atoms with Crippen molar-refractivity contribution in [2.24, 2.45) is 5.41 Å². The summed E-state index contributed by atoms with van der Waals surface area (Å²) in [6, 6.07) is 6.05. The quantitative estimate of drug-likeness (QED) is 0.432. The van der Waals surface area contributed by atoms with E-state index in [-0.39, 0.29) is 27.8 Å². The zero-order valence-corrected chi connectivity index (χ0v) is 20.9. The van der Waals surface area contributed by atoms with Crippen molar-refractivity contribution in [2.45, 2.75) is 57.9 Å². The number of halogens is 2. The second kappa shape index (κ2) is 10.4. The lowest BCUT2D eigenvalue weighted by Crippen LogP contribution is -2.54. The van der Waals surface area contributed by atoms with Gasteiger partial charge in [0.1, 0.15) is 6.04 Å². The lowest BCUT2D eigenvalue weighted by Gasteiger charge is -2.47. The van der Waals surface area contributed by atoms with Crippen LogP contribution in [-0.2, 0) is 16.0 Å². The highest BCUT2D eigenvalue weighted by molar-refractivity contribution is 6.40. The Morgan fingerprint density at radius 1 is 1.09 bits per heavy atom. The summed E-state index contributed by atoms with van der Waals surface area (Å²) in [5.74, 6) is -1.26. The molecule has 184 valence electrons. The highest BCUT2D eigenvalue weighted by Crippen LogP contribution is 2.52. The van der Waals surface area contributed by atoms with Gasteiger partial charge < -0.3 is 15.7 Å². The summed E-state index contributed by atoms with van der Waals surface area (Å²) >= 11 is 12.1. The maximum Gasteiger partial charge on any atom is 0.326 e. The molecule has 9 heteroatoms. The Labute approximate surface area is 213 Å². The Kier molecular flexibility index (Phi) is 7.47. The van der Waals surface area contributed by atoms with E-state index in [0.717, 1.165) is 48.9 Å². The molecule has 2 aromatic rings. The topological polar surface area (TPSA) is 108 Å². The third kappa shape index (κ3) is 4.93. The number of hydrogen-bond acceptors (Lipinski definition) is 5. The van der Waals surface area contributed by atoms with Crippen molar-refractivity contribution >= 4 is 46.5 Å². The van der Waals surface area contributed by atoms with Crippen LogP contribution < -0.4 is 10.6 Å². The van der Waals surface area contributed by atoms with Gasteiger partial charge in [-0.3, -0.25) is 14.6 Å². The number of pyridine rings is 1. The molecule has 4 rings (SSSR count). The van der Waals surface area contributed by atoms with E-state index >= 15 is 0 Å². The van der Waals surface area contributed by atoms with E-state index in [0.29, 0.717) is 12.1 Å². The average Bonchev–Trinajstić information content (AvgIpc) is 2.84. The number of ketones is 1. The smallest absolute Gasteiger partial charge is 0.326 e. The largest absolute Gasteiger partial charge is 0.480 e. The van der Waals surface area contributed by atoms with E-state index in [1.54, 1.807) is 24.3 Å². The Bertz CT molecular complexity index is 1170. The number of benzene rings is 1. The van der Waals surface area contributed by atoms with Crippen LogP contribution in [0.1, 0.15) is 61.4 Å². The van der Waals surface area contributed by atoms with Gasteiger partial charge in [-0.05, 0) is 37.0 Å². The Morgan fingerprint density at radius 2 is 1.71 bits per heavy atom. The molecule has 1 atom stereocenters. The van der Waals surface area contributed by atoms with Crippen LogP contribution in [0.15, 0.2) is 47.9 Å². The first-order valence-electron chi connectivity index (χ1n) is 11.7. The first-order valence-corrected chi connectivity index (χ1v) is 12.5. The molecule has 0 radical (unpaired) electrons. The van der Waals surface area contributed by atoms with E-state index < -0.39 is 23.3 Å². The number of Topliss-reactive ketones (excluding diaryl/α,β-unsaturated/α-hetero) is 1. The number of carboxylic acid groups (broad SMARTS) is 1. The standard InChI is InChI=1S/C26H27Cl2N3O4/c1-2-17-22(26(23(17)32)10-4-3-5-11-26)31-20(25(34)35)12-15-6-8-16(9-7-15)30-24(33)21-18(27)13-29-14-19(21)28/h6-9,13-14,20,31H,2-5,10-12H2,1H3,(H,30,33)(H,34,35). The number of carbonyl (C=O) groups excluding carboxylic acids is 2. The third-order valence-corrected chi connectivity index (χ3v) is 7.47. The number of nitrogens with one attached hydrogen (secondary N) is 2. The first-order chi connectivity index (χ1) is 16.8. The van der Waals surface area contributed by atoms with Crippen LogP contribution in [0, 0.1) is 5.41 Å². The SMILES string of the molecule is CCC1=C(NC(Cc2ccc(NC(=O)c3c(Cl)cncc3Cl)cc2)C(=O)O)C2(CCCCC2)C1=O. The number of nitrogens with zero attached hydrogens (tertiary/aromatic N) is 1. The van der Waals surface area contributed by atoms with Gasteiger partial charge in [-0.15, -0.1) is 0 Å². The average molecular weight is 516 g/mol. The minimum atomic E-state index is -0.974. The number of amides is 1. The van der Waals surface area contributed by atoms with Gasteiger partial charge in [0.2, 0.25) is 0 Å². The number of allylic oxidation sites excluding steroid dienone is 2. The molecule has 0 saturated heterocycles. The van der Waals surface area contributed by atoms with Crippen molar-refractivity contribution in [3.63, 3.8) is 0 Å². The lowest BCUT2D eigenvalue weighted by molar-refractivity contribution is -0.140. The van der Waals surface area contributed by atoms with Crippen LogP contribution in [0.4, 0.5) is 5.69 Å². The Morgan fingerprint density at radius 3 is 2.29 bits per heavy atom. The molecular weight excluding hydrogens is 489 g/mol. The summed E-state index contributed by atoms with van der Waals surface area (Å²) in [6.45, 7) is 1.93. The number of carboxylic acids is 1. The molecule has 2 aliphatic rings. The summed E-state index contributed by atoms with van der Waals surface area (Å²) in [7, 11) is 0. The van der Waals surface area contributed by atoms with Crippen LogP contribution >= 0.6 is 23.2 Å². The van der Waals surface area contributed by atoms with Crippen molar-refractivity contribution in [3.05, 3.63) is 69.1 Å². The maximum absolute atomic E-state index is 12.9. The first kappa shape index (κ1) is 25.2. The van der Waals surface area contributed by atoms with Gasteiger partial charge in [-0.2, -0.15) is 0 Å². The number of rotatable bonds is 8. The summed E-state index contributed by atoms with van der Waals surface area (Å²) < 4.78 is 0. The van der Waals surface area contributed by atoms with Gasteiger partial charge in [0.25, 0.3) is 5.91 Å². The van der Waals surface area contributed by atoms with Gasteiger partial charge >= 0.3 is 5.97 Å². The molecule has 0 bridgehead atoms. The lowest BCUT2D eigenvalue weighted by atomic mass is 9.58. The van der Waals surface area contributed by atoms with Gasteiger partial charge in [0.05, 0.1) is 21.0 Å². The summed E-state index contributed by atoms with van der Waals surface area (Å²) in [4.78, 5) is 41.4. The van der Waals surface area contributed by atoms with Crippen LogP contribution in [-0.4, -0.2) is 33.8 Å². The normalized spacial score (nSPS) is 17.6. The van der Waals surface area contributed by atoms with Gasteiger partial charge in [0.15, 0.2) is 5.78 Å². The zero-order valence-electron chi connectivity index (χ0n) is 19.4. The molecule has 1 saturated carbocycles. The van der Waals surface area contributed by atoms with E-state index in [9.17, 15) is 19.5 Å². The molecule has 3 N–H and O–H groups in total. The highest BCUT2D eigenvalue weighted by Gasteiger charge is 2.53. The fourth-order valence-corrected chi connectivity index (χ4v) is 5.63. The summed E-state index contributed by atoms with van der Waals surface area (Å²) in [6.07, 6.45) is 8.14. The Balaban J connectivity index is 1.46. The minimum Gasteiger partial charge on any atom is -0.480 e. The van der Waals surface area contributed by atoms with Crippen LogP contribution in [0.2, 0.25) is 10.0 Å². The highest BCUT2D eigenvalue weighted by atomic mass is 35.5. The van der Waals surface area contributed by atoms with Crippen molar-refractivity contribution < 1.29 is 19.5 Å². The van der Waals surface area contributed by atoms with Crippen LogP contribution in [0.25, 0.3) is 0 Å². The summed E-state index contributed by atoms with van der Waals surface area (Å²) in [5, 5.41) is 16.2. The molecular formula is C26H27Cl2N3O4. The number of aromatic nitrogens is 1. The summed E-state index contributed by atoms with van der Waals surface area (Å²) in [5.41, 5.74) is 2.46. The van der Waals surface area contributed by atoms with Crippen molar-refractivity contribution in [1.29, 1.82) is 0 Å². The second-order valence-corrected chi connectivity index (χ2v) is 9.86. The molecule has 1 spiro atoms. The predicted molar refractivity (Wildman–Crippen MR) is 135 cm³/mol. The number of anilines is 1. The minimum absolute atomic E-state index is 0.134. The van der Waals surface area contributed by atoms with E-state index in [4.69, 9.17) is 23.2 Å². The monoisotopic (exact) mass is 515 g/mol. The maximum atomic E-state index is 12.9. The molecule has 1 unspecified atom stereocenters. The zero-order chi connectivity index (χ0) is 25.2. The molecule has 7 nitrogen and oxygen atoms in total. The number of hydrogen-bond donors (Lipinski definition) is 3. The van der Waals surface area contributed by atoms with Crippen molar-refractivity contribution in [3.8, 4) is 0 Å². The third-order valence-electron chi connectivity index (χ3n) is 6.90.